The third kappa shape index (κ3) is 5.48. The number of carbonyl (C=O) groups excluding carboxylic acids is 1. The summed E-state index contributed by atoms with van der Waals surface area (Å²) in [7, 11) is 0. The Balaban J connectivity index is 1.96. The molecule has 0 radical (unpaired) electrons. The van der Waals surface area contributed by atoms with E-state index in [0.717, 1.165) is 16.9 Å². The number of benzene rings is 1. The van der Waals surface area contributed by atoms with E-state index in [9.17, 15) is 10.1 Å². The summed E-state index contributed by atoms with van der Waals surface area (Å²) in [6, 6.07) is 11.2. The van der Waals surface area contributed by atoms with Crippen LogP contribution in [-0.2, 0) is 4.79 Å². The largest absolute Gasteiger partial charge is 0.326 e. The number of hydrogen-bond acceptors (Lipinski definition) is 4. The first-order chi connectivity index (χ1) is 11.9. The lowest BCUT2D eigenvalue weighted by Gasteiger charge is -2.10. The number of amides is 1. The van der Waals surface area contributed by atoms with Crippen molar-refractivity contribution < 1.29 is 4.79 Å². The molecule has 0 atom stereocenters. The molecule has 1 amide bonds. The Morgan fingerprint density at radius 2 is 2.12 bits per heavy atom. The molecule has 25 heavy (non-hydrogen) atoms. The van der Waals surface area contributed by atoms with Gasteiger partial charge in [-0.15, -0.1) is 11.8 Å². The van der Waals surface area contributed by atoms with Gasteiger partial charge in [-0.2, -0.15) is 5.26 Å². The van der Waals surface area contributed by atoms with E-state index in [0.29, 0.717) is 33.7 Å². The van der Waals surface area contributed by atoms with E-state index in [1.54, 1.807) is 18.2 Å². The summed E-state index contributed by atoms with van der Waals surface area (Å²) in [5.41, 5.74) is 3.17. The Labute approximate surface area is 157 Å². The van der Waals surface area contributed by atoms with E-state index in [1.165, 1.54) is 11.8 Å². The summed E-state index contributed by atoms with van der Waals surface area (Å²) < 4.78 is 0. The standard InChI is InChI=1S/C19H20ClN3OS/c1-12(2)16-7-5-14(11-21)19(23-16)25-9-8-18(24)22-17-10-15(20)6-4-13(17)3/h4-7,10,12H,8-9H2,1-3H3,(H,22,24). The summed E-state index contributed by atoms with van der Waals surface area (Å²) in [6.45, 7) is 6.04. The maximum Gasteiger partial charge on any atom is 0.225 e. The van der Waals surface area contributed by atoms with Crippen molar-refractivity contribution in [1.29, 1.82) is 5.26 Å². The van der Waals surface area contributed by atoms with Gasteiger partial charge in [0.15, 0.2) is 0 Å². The molecular formula is C19H20ClN3OS. The van der Waals surface area contributed by atoms with Crippen LogP contribution in [0.2, 0.25) is 5.02 Å². The average Bonchev–Trinajstić information content (AvgIpc) is 2.58. The molecule has 0 aliphatic carbocycles. The van der Waals surface area contributed by atoms with Crippen LogP contribution in [0.3, 0.4) is 0 Å². The number of rotatable bonds is 6. The number of aryl methyl sites for hydroxylation is 1. The van der Waals surface area contributed by atoms with Crippen LogP contribution in [0.4, 0.5) is 5.69 Å². The Morgan fingerprint density at radius 1 is 1.36 bits per heavy atom. The van der Waals surface area contributed by atoms with Crippen LogP contribution < -0.4 is 5.32 Å². The van der Waals surface area contributed by atoms with Crippen molar-refractivity contribution in [3.63, 3.8) is 0 Å². The highest BCUT2D eigenvalue weighted by atomic mass is 35.5. The summed E-state index contributed by atoms with van der Waals surface area (Å²) in [5, 5.41) is 13.4. The lowest BCUT2D eigenvalue weighted by atomic mass is 10.1. The number of nitrogens with zero attached hydrogens (tertiary/aromatic N) is 2. The number of pyridine rings is 1. The molecule has 0 aliphatic rings. The van der Waals surface area contributed by atoms with E-state index in [2.05, 4.69) is 30.2 Å². The molecule has 0 spiro atoms. The summed E-state index contributed by atoms with van der Waals surface area (Å²) in [4.78, 5) is 16.7. The Kier molecular flexibility index (Phi) is 6.86. The minimum atomic E-state index is -0.0867. The maximum atomic E-state index is 12.1. The molecule has 2 rings (SSSR count). The van der Waals surface area contributed by atoms with Crippen LogP contribution >= 0.6 is 23.4 Å². The van der Waals surface area contributed by atoms with Crippen LogP contribution in [0.15, 0.2) is 35.4 Å². The second kappa shape index (κ2) is 8.89. The van der Waals surface area contributed by atoms with Crippen LogP contribution in [0.5, 0.6) is 0 Å². The van der Waals surface area contributed by atoms with Crippen molar-refractivity contribution in [2.24, 2.45) is 0 Å². The molecule has 0 aliphatic heterocycles. The van der Waals surface area contributed by atoms with Crippen molar-refractivity contribution in [1.82, 2.24) is 4.98 Å². The van der Waals surface area contributed by atoms with Crippen LogP contribution in [0.1, 0.15) is 43.0 Å². The number of anilines is 1. The smallest absolute Gasteiger partial charge is 0.225 e. The number of thioether (sulfide) groups is 1. The number of carbonyl (C=O) groups is 1. The molecular weight excluding hydrogens is 354 g/mol. The van der Waals surface area contributed by atoms with Crippen molar-refractivity contribution in [2.45, 2.75) is 38.1 Å². The monoisotopic (exact) mass is 373 g/mol. The molecule has 4 nitrogen and oxygen atoms in total. The fourth-order valence-corrected chi connectivity index (χ4v) is 3.25. The van der Waals surface area contributed by atoms with E-state index in [4.69, 9.17) is 11.6 Å². The number of hydrogen-bond donors (Lipinski definition) is 1. The minimum Gasteiger partial charge on any atom is -0.326 e. The predicted molar refractivity (Wildman–Crippen MR) is 103 cm³/mol. The van der Waals surface area contributed by atoms with Gasteiger partial charge in [0.2, 0.25) is 5.91 Å². The highest BCUT2D eigenvalue weighted by molar-refractivity contribution is 7.99. The van der Waals surface area contributed by atoms with E-state index in [1.807, 2.05) is 19.1 Å². The Bertz CT molecular complexity index is 815. The van der Waals surface area contributed by atoms with Crippen molar-refractivity contribution in [3.05, 3.63) is 52.2 Å². The van der Waals surface area contributed by atoms with Crippen molar-refractivity contribution in [2.75, 3.05) is 11.1 Å². The average molecular weight is 374 g/mol. The second-order valence-corrected chi connectivity index (χ2v) is 7.48. The molecule has 0 bridgehead atoms. The molecule has 6 heteroatoms. The molecule has 0 unspecified atom stereocenters. The van der Waals surface area contributed by atoms with Gasteiger partial charge in [-0.25, -0.2) is 4.98 Å². The molecule has 1 aromatic carbocycles. The van der Waals surface area contributed by atoms with Crippen LogP contribution in [-0.4, -0.2) is 16.6 Å². The first kappa shape index (κ1) is 19.3. The summed E-state index contributed by atoms with van der Waals surface area (Å²) >= 11 is 7.39. The first-order valence-corrected chi connectivity index (χ1v) is 9.37. The molecule has 1 aromatic heterocycles. The van der Waals surface area contributed by atoms with Gasteiger partial charge in [0.1, 0.15) is 11.1 Å². The third-order valence-corrected chi connectivity index (χ3v) is 4.86. The summed E-state index contributed by atoms with van der Waals surface area (Å²) in [5.74, 6) is 0.756. The molecule has 130 valence electrons. The van der Waals surface area contributed by atoms with Gasteiger partial charge in [0.05, 0.1) is 5.56 Å². The lowest BCUT2D eigenvalue weighted by Crippen LogP contribution is -2.13. The zero-order valence-corrected chi connectivity index (χ0v) is 16.0. The number of halogens is 1. The maximum absolute atomic E-state index is 12.1. The molecule has 0 saturated heterocycles. The van der Waals surface area contributed by atoms with Crippen molar-refractivity contribution >= 4 is 35.0 Å². The number of nitriles is 1. The highest BCUT2D eigenvalue weighted by Gasteiger charge is 2.11. The van der Waals surface area contributed by atoms with Gasteiger partial charge in [-0.3, -0.25) is 4.79 Å². The Hall–Kier alpha value is -2.03. The van der Waals surface area contributed by atoms with E-state index in [-0.39, 0.29) is 5.91 Å². The number of aromatic nitrogens is 1. The first-order valence-electron chi connectivity index (χ1n) is 8.00. The predicted octanol–water partition coefficient (Wildman–Crippen LogP) is 5.16. The normalized spacial score (nSPS) is 10.6. The van der Waals surface area contributed by atoms with Gasteiger partial charge < -0.3 is 5.32 Å². The van der Waals surface area contributed by atoms with Gasteiger partial charge in [-0.05, 0) is 42.7 Å². The van der Waals surface area contributed by atoms with Gasteiger partial charge in [0.25, 0.3) is 0 Å². The zero-order chi connectivity index (χ0) is 18.4. The lowest BCUT2D eigenvalue weighted by molar-refractivity contribution is -0.115. The van der Waals surface area contributed by atoms with Gasteiger partial charge >= 0.3 is 0 Å². The summed E-state index contributed by atoms with van der Waals surface area (Å²) in [6.07, 6.45) is 0.328. The zero-order valence-electron chi connectivity index (χ0n) is 14.5. The topological polar surface area (TPSA) is 65.8 Å². The van der Waals surface area contributed by atoms with Crippen LogP contribution in [0, 0.1) is 18.3 Å². The van der Waals surface area contributed by atoms with Gasteiger partial charge in [-0.1, -0.05) is 31.5 Å². The molecule has 0 fully saturated rings. The van der Waals surface area contributed by atoms with Crippen LogP contribution in [0.25, 0.3) is 0 Å². The SMILES string of the molecule is Cc1ccc(Cl)cc1NC(=O)CCSc1nc(C(C)C)ccc1C#N. The molecule has 1 N–H and O–H groups in total. The fraction of sp³-hybridized carbons (Fsp3) is 0.316. The third-order valence-electron chi connectivity index (χ3n) is 3.64. The number of nitrogens with one attached hydrogen (secondary N) is 1. The van der Waals surface area contributed by atoms with E-state index >= 15 is 0 Å². The van der Waals surface area contributed by atoms with Crippen molar-refractivity contribution in [3.8, 4) is 6.07 Å². The quantitative estimate of drug-likeness (QED) is 0.710. The minimum absolute atomic E-state index is 0.0867. The molecule has 1 heterocycles. The fourth-order valence-electron chi connectivity index (χ4n) is 2.15. The molecule has 2 aromatic rings. The van der Waals surface area contributed by atoms with E-state index < -0.39 is 0 Å². The highest BCUT2D eigenvalue weighted by Crippen LogP contribution is 2.24. The Morgan fingerprint density at radius 3 is 2.80 bits per heavy atom. The second-order valence-electron chi connectivity index (χ2n) is 5.96. The molecule has 0 saturated carbocycles. The van der Waals surface area contributed by atoms with Gasteiger partial charge in [0, 0.05) is 28.6 Å².